The summed E-state index contributed by atoms with van der Waals surface area (Å²) in [6.07, 6.45) is 0.571. The van der Waals surface area contributed by atoms with Crippen molar-refractivity contribution in [2.24, 2.45) is 0 Å². The van der Waals surface area contributed by atoms with Crippen LogP contribution in [0, 0.1) is 13.8 Å². The number of anilines is 2. The summed E-state index contributed by atoms with van der Waals surface area (Å²) < 4.78 is 52.9. The minimum absolute atomic E-state index is 0.165. The van der Waals surface area contributed by atoms with Gasteiger partial charge in [-0.25, -0.2) is 0 Å². The lowest BCUT2D eigenvalue weighted by molar-refractivity contribution is -0.340. The van der Waals surface area contributed by atoms with E-state index in [2.05, 4.69) is 0 Å². The molecular formula is C26H23F4N3O3. The van der Waals surface area contributed by atoms with Crippen LogP contribution in [-0.2, 0) is 10.8 Å². The van der Waals surface area contributed by atoms with Crippen LogP contribution >= 0.6 is 0 Å². The molecule has 0 radical (unpaired) electrons. The summed E-state index contributed by atoms with van der Waals surface area (Å²) >= 11 is 0. The Morgan fingerprint density at radius 3 is 2.00 bits per heavy atom. The maximum Gasteiger partial charge on any atom is 0.384 e. The van der Waals surface area contributed by atoms with Gasteiger partial charge in [0.2, 0.25) is 0 Å². The van der Waals surface area contributed by atoms with Gasteiger partial charge in [0.15, 0.2) is 0 Å². The van der Waals surface area contributed by atoms with Gasteiger partial charge in [0.05, 0.1) is 11.9 Å². The van der Waals surface area contributed by atoms with Gasteiger partial charge < -0.3 is 14.6 Å². The van der Waals surface area contributed by atoms with Crippen LogP contribution in [0.25, 0.3) is 0 Å². The van der Waals surface area contributed by atoms with Crippen LogP contribution in [0.1, 0.15) is 37.4 Å². The van der Waals surface area contributed by atoms with Gasteiger partial charge in [0.25, 0.3) is 11.8 Å². The first kappa shape index (κ1) is 26.6. The zero-order valence-corrected chi connectivity index (χ0v) is 19.7. The zero-order valence-electron chi connectivity index (χ0n) is 19.7. The lowest BCUT2D eigenvalue weighted by Gasteiger charge is -2.25. The van der Waals surface area contributed by atoms with Crippen molar-refractivity contribution in [1.82, 2.24) is 5.34 Å². The third-order valence-corrected chi connectivity index (χ3v) is 5.62. The molecule has 3 rings (SSSR count). The lowest BCUT2D eigenvalue weighted by atomic mass is 10.0. The van der Waals surface area contributed by atoms with Crippen molar-refractivity contribution in [3.63, 3.8) is 0 Å². The molecule has 0 aromatic heterocycles. The summed E-state index contributed by atoms with van der Waals surface area (Å²) in [5.74, 6) is -0.961. The Hall–Kier alpha value is -4.05. The minimum Gasteiger partial charge on any atom is -0.311 e. The highest BCUT2D eigenvalue weighted by Gasteiger charge is 2.42. The van der Waals surface area contributed by atoms with Crippen LogP contribution < -0.4 is 9.80 Å². The van der Waals surface area contributed by atoms with Crippen LogP contribution in [-0.4, -0.2) is 37.0 Å². The first-order valence-electron chi connectivity index (χ1n) is 10.8. The van der Waals surface area contributed by atoms with Gasteiger partial charge in [0.1, 0.15) is 6.29 Å². The van der Waals surface area contributed by atoms with Crippen molar-refractivity contribution < 1.29 is 32.1 Å². The number of carbonyl (C=O) groups excluding carboxylic acids is 3. The first-order valence-corrected chi connectivity index (χ1v) is 10.8. The Morgan fingerprint density at radius 1 is 0.861 bits per heavy atom. The van der Waals surface area contributed by atoms with E-state index in [0.29, 0.717) is 17.5 Å². The number of aldehydes is 1. The second-order valence-corrected chi connectivity index (χ2v) is 8.10. The topological polar surface area (TPSA) is 60.9 Å². The molecule has 0 aliphatic carbocycles. The highest BCUT2D eigenvalue weighted by atomic mass is 19.4. The Morgan fingerprint density at radius 2 is 1.44 bits per heavy atom. The van der Waals surface area contributed by atoms with Crippen LogP contribution in [0.2, 0.25) is 0 Å². The molecule has 0 aliphatic heterocycles. The van der Waals surface area contributed by atoms with E-state index in [4.69, 9.17) is 0 Å². The Kier molecular flexibility index (Phi) is 7.89. The van der Waals surface area contributed by atoms with E-state index in [1.807, 2.05) is 0 Å². The summed E-state index contributed by atoms with van der Waals surface area (Å²) in [4.78, 5) is 40.0. The molecule has 0 fully saturated rings. The molecule has 0 aliphatic rings. The average Bonchev–Trinajstić information content (AvgIpc) is 2.86. The summed E-state index contributed by atoms with van der Waals surface area (Å²) in [6, 6.07) is 11.7. The van der Waals surface area contributed by atoms with E-state index in [1.54, 1.807) is 42.5 Å². The quantitative estimate of drug-likeness (QED) is 0.176. The number of rotatable bonds is 8. The van der Waals surface area contributed by atoms with Gasteiger partial charge in [0, 0.05) is 35.1 Å². The lowest BCUT2D eigenvalue weighted by Crippen LogP contribution is -2.33. The van der Waals surface area contributed by atoms with Crippen molar-refractivity contribution in [2.75, 3.05) is 23.4 Å². The molecule has 0 N–H and O–H groups in total. The molecule has 10 heteroatoms. The smallest absolute Gasteiger partial charge is 0.311 e. The highest BCUT2D eigenvalue weighted by molar-refractivity contribution is 6.10. The number of amides is 2. The van der Waals surface area contributed by atoms with E-state index < -0.39 is 28.8 Å². The van der Waals surface area contributed by atoms with E-state index in [1.165, 1.54) is 42.8 Å². The van der Waals surface area contributed by atoms with Gasteiger partial charge in [-0.15, -0.1) is 0 Å². The largest absolute Gasteiger partial charge is 0.384 e. The van der Waals surface area contributed by atoms with E-state index in [-0.39, 0.29) is 28.9 Å². The van der Waals surface area contributed by atoms with E-state index in [9.17, 15) is 32.1 Å². The molecule has 0 unspecified atom stereocenters. The molecule has 0 atom stereocenters. The maximum atomic E-state index is 13.8. The van der Waals surface area contributed by atoms with Crippen LogP contribution in [0.5, 0.6) is 0 Å². The Labute approximate surface area is 205 Å². The van der Waals surface area contributed by atoms with Gasteiger partial charge in [-0.3, -0.25) is 9.59 Å². The van der Waals surface area contributed by atoms with Gasteiger partial charge in [-0.1, -0.05) is 33.2 Å². The third-order valence-electron chi connectivity index (χ3n) is 5.62. The fraction of sp³-hybridized carbons (Fsp3) is 0.192. The average molecular weight is 501 g/mol. The fourth-order valence-electron chi connectivity index (χ4n) is 3.97. The maximum absolute atomic E-state index is 13.8. The summed E-state index contributed by atoms with van der Waals surface area (Å²) in [7, 11) is 1.43. The molecular weight excluding hydrogens is 478 g/mol. The number of benzene rings is 3. The monoisotopic (exact) mass is 501 g/mol. The Bertz CT molecular complexity index is 1260. The molecule has 3 aromatic rings. The number of hydrogen-bond donors (Lipinski definition) is 0. The van der Waals surface area contributed by atoms with Crippen molar-refractivity contribution in [2.45, 2.75) is 19.9 Å². The zero-order chi connectivity index (χ0) is 26.6. The van der Waals surface area contributed by atoms with Crippen molar-refractivity contribution in [1.29, 1.82) is 0 Å². The van der Waals surface area contributed by atoms with Crippen LogP contribution in [0.3, 0.4) is 0 Å². The Balaban J connectivity index is 1.95. The van der Waals surface area contributed by atoms with Crippen LogP contribution in [0.15, 0.2) is 66.7 Å². The molecule has 2 amide bonds. The summed E-state index contributed by atoms with van der Waals surface area (Å²) in [5, 5.41) is -2.16. The van der Waals surface area contributed by atoms with Gasteiger partial charge in [-0.05, 0) is 67.4 Å². The van der Waals surface area contributed by atoms with Crippen molar-refractivity contribution >= 4 is 29.5 Å². The summed E-state index contributed by atoms with van der Waals surface area (Å²) in [6.45, 7) is 2.63. The molecule has 3 aromatic carbocycles. The second-order valence-electron chi connectivity index (χ2n) is 8.10. The standard InChI is InChI=1S/C26H23F4N3O3/c1-17-14-21(26(27,28)33(29)30)15-18(2)23(17)31(3)24(35)20-10-7-11-22(16-20)32(12-13-34)25(36)19-8-5-4-6-9-19/h4-11,13-16H,12H2,1-3H3. The molecule has 0 saturated carbocycles. The van der Waals surface area contributed by atoms with Crippen LogP contribution in [0.4, 0.5) is 29.1 Å². The third kappa shape index (κ3) is 5.28. The molecule has 0 bridgehead atoms. The normalized spacial score (nSPS) is 11.3. The summed E-state index contributed by atoms with van der Waals surface area (Å²) in [5.41, 5.74) is 0.595. The number of hydrogen-bond acceptors (Lipinski definition) is 4. The highest BCUT2D eigenvalue weighted by Crippen LogP contribution is 2.37. The van der Waals surface area contributed by atoms with Gasteiger partial charge >= 0.3 is 6.05 Å². The number of alkyl halides is 2. The fourth-order valence-corrected chi connectivity index (χ4v) is 3.97. The van der Waals surface area contributed by atoms with Crippen molar-refractivity contribution in [3.8, 4) is 0 Å². The van der Waals surface area contributed by atoms with E-state index in [0.717, 1.165) is 12.1 Å². The number of halogens is 4. The number of nitrogens with zero attached hydrogens (tertiary/aromatic N) is 3. The van der Waals surface area contributed by atoms with E-state index >= 15 is 0 Å². The molecule has 0 saturated heterocycles. The van der Waals surface area contributed by atoms with Crippen molar-refractivity contribution in [3.05, 3.63) is 94.5 Å². The minimum atomic E-state index is -4.49. The predicted molar refractivity (Wildman–Crippen MR) is 127 cm³/mol. The number of carbonyl (C=O) groups is 3. The first-order chi connectivity index (χ1) is 17.0. The molecule has 36 heavy (non-hydrogen) atoms. The molecule has 0 spiro atoms. The van der Waals surface area contributed by atoms with Gasteiger partial charge in [-0.2, -0.15) is 8.78 Å². The second kappa shape index (κ2) is 10.7. The predicted octanol–water partition coefficient (Wildman–Crippen LogP) is 5.55. The molecule has 6 nitrogen and oxygen atoms in total. The number of aryl methyl sites for hydroxylation is 2. The molecule has 0 heterocycles. The molecule has 188 valence electrons. The SMILES string of the molecule is Cc1cc(C(F)(F)N(F)F)cc(C)c1N(C)C(=O)c1cccc(N(CC=O)C(=O)c2ccccc2)c1.